The molecule has 0 unspecified atom stereocenters. The van der Waals surface area contributed by atoms with E-state index in [-0.39, 0.29) is 11.1 Å². The fraction of sp³-hybridized carbons (Fsp3) is 0. The van der Waals surface area contributed by atoms with Crippen molar-refractivity contribution in [1.29, 1.82) is 0 Å². The van der Waals surface area contributed by atoms with Gasteiger partial charge in [0.15, 0.2) is 0 Å². The number of para-hydroxylation sites is 1. The number of halogens is 1. The Labute approximate surface area is 162 Å². The number of nitrogens with two attached hydrogens (primary N) is 1. The first-order valence-corrected chi connectivity index (χ1v) is 8.22. The Kier molecular flexibility index (Phi) is 5.06. The molecule has 0 radical (unpaired) electrons. The SMILES string of the molecule is Nc1[nH]c(=O)c(C(=O)O)c(-c2ccc(Oc3ccccc3Cl)cc2)c1C(=O)O. The molecule has 0 bridgehead atoms. The Bertz CT molecular complexity index is 1140. The van der Waals surface area contributed by atoms with E-state index >= 15 is 0 Å². The summed E-state index contributed by atoms with van der Waals surface area (Å²) in [7, 11) is 0. The highest BCUT2D eigenvalue weighted by atomic mass is 35.5. The highest BCUT2D eigenvalue weighted by Gasteiger charge is 2.26. The molecule has 3 aromatic rings. The molecule has 0 saturated heterocycles. The van der Waals surface area contributed by atoms with Gasteiger partial charge in [0.1, 0.15) is 28.4 Å². The number of anilines is 1. The third-order valence-electron chi connectivity index (χ3n) is 3.88. The minimum atomic E-state index is -1.57. The van der Waals surface area contributed by atoms with Crippen molar-refractivity contribution >= 4 is 29.4 Å². The number of carbonyl (C=O) groups is 2. The second-order valence-electron chi connectivity index (χ2n) is 5.66. The quantitative estimate of drug-likeness (QED) is 0.513. The number of aromatic nitrogens is 1. The van der Waals surface area contributed by atoms with Crippen molar-refractivity contribution < 1.29 is 24.5 Å². The van der Waals surface area contributed by atoms with Gasteiger partial charge in [0.25, 0.3) is 5.56 Å². The topological polar surface area (TPSA) is 143 Å². The molecule has 1 heterocycles. The van der Waals surface area contributed by atoms with Crippen LogP contribution < -0.4 is 16.0 Å². The number of carboxylic acid groups (broad SMARTS) is 2. The average molecular weight is 401 g/mol. The maximum Gasteiger partial charge on any atom is 0.342 e. The molecular weight excluding hydrogens is 388 g/mol. The van der Waals surface area contributed by atoms with Gasteiger partial charge in [-0.2, -0.15) is 0 Å². The zero-order chi connectivity index (χ0) is 20.4. The molecule has 0 saturated carbocycles. The smallest absolute Gasteiger partial charge is 0.342 e. The lowest BCUT2D eigenvalue weighted by molar-refractivity contribution is 0.0695. The fourth-order valence-corrected chi connectivity index (χ4v) is 2.85. The molecule has 0 atom stereocenters. The van der Waals surface area contributed by atoms with Crippen LogP contribution in [-0.4, -0.2) is 27.1 Å². The average Bonchev–Trinajstić information content (AvgIpc) is 2.63. The van der Waals surface area contributed by atoms with Gasteiger partial charge in [-0.3, -0.25) is 4.79 Å². The maximum absolute atomic E-state index is 12.0. The van der Waals surface area contributed by atoms with Crippen LogP contribution in [0, 0.1) is 0 Å². The molecule has 0 spiro atoms. The number of ether oxygens (including phenoxy) is 1. The molecule has 2 aromatic carbocycles. The molecule has 0 amide bonds. The van der Waals surface area contributed by atoms with Crippen LogP contribution >= 0.6 is 11.6 Å². The van der Waals surface area contributed by atoms with Gasteiger partial charge in [-0.05, 0) is 29.8 Å². The molecule has 0 fully saturated rings. The van der Waals surface area contributed by atoms with Gasteiger partial charge in [0.2, 0.25) is 0 Å². The van der Waals surface area contributed by atoms with Gasteiger partial charge in [0, 0.05) is 5.56 Å². The second-order valence-corrected chi connectivity index (χ2v) is 6.07. The lowest BCUT2D eigenvalue weighted by atomic mass is 9.95. The molecule has 1 aromatic heterocycles. The molecule has 0 aliphatic heterocycles. The number of nitrogen functional groups attached to an aromatic ring is 1. The number of carboxylic acids is 2. The van der Waals surface area contributed by atoms with Crippen molar-refractivity contribution in [2.75, 3.05) is 5.73 Å². The number of rotatable bonds is 5. The minimum absolute atomic E-state index is 0.180. The van der Waals surface area contributed by atoms with E-state index in [1.165, 1.54) is 24.3 Å². The van der Waals surface area contributed by atoms with Gasteiger partial charge in [-0.25, -0.2) is 9.59 Å². The normalized spacial score (nSPS) is 10.5. The predicted molar refractivity (Wildman–Crippen MR) is 102 cm³/mol. The molecule has 3 rings (SSSR count). The van der Waals surface area contributed by atoms with E-state index < -0.39 is 34.4 Å². The predicted octanol–water partition coefficient (Wildman–Crippen LogP) is 3.47. The number of nitrogens with one attached hydrogen (secondary N) is 1. The molecule has 9 heteroatoms. The van der Waals surface area contributed by atoms with Crippen LogP contribution in [0.1, 0.15) is 20.7 Å². The van der Waals surface area contributed by atoms with Crippen LogP contribution in [0.2, 0.25) is 5.02 Å². The largest absolute Gasteiger partial charge is 0.478 e. The number of aromatic carboxylic acids is 2. The summed E-state index contributed by atoms with van der Waals surface area (Å²) in [6.07, 6.45) is 0. The van der Waals surface area contributed by atoms with Crippen LogP contribution in [0.5, 0.6) is 11.5 Å². The Balaban J connectivity index is 2.11. The second kappa shape index (κ2) is 7.45. The molecule has 142 valence electrons. The third kappa shape index (κ3) is 3.53. The lowest BCUT2D eigenvalue weighted by Gasteiger charge is -2.13. The summed E-state index contributed by atoms with van der Waals surface area (Å²) < 4.78 is 5.65. The Morgan fingerprint density at radius 2 is 1.57 bits per heavy atom. The molecule has 0 aliphatic carbocycles. The minimum Gasteiger partial charge on any atom is -0.478 e. The van der Waals surface area contributed by atoms with Crippen LogP contribution in [0.15, 0.2) is 53.3 Å². The number of hydrogen-bond acceptors (Lipinski definition) is 5. The Morgan fingerprint density at radius 3 is 2.14 bits per heavy atom. The zero-order valence-corrected chi connectivity index (χ0v) is 14.9. The number of aromatic amines is 1. The van der Waals surface area contributed by atoms with E-state index in [4.69, 9.17) is 22.1 Å². The Morgan fingerprint density at radius 1 is 0.964 bits per heavy atom. The van der Waals surface area contributed by atoms with Gasteiger partial charge >= 0.3 is 11.9 Å². The van der Waals surface area contributed by atoms with Crippen molar-refractivity contribution in [1.82, 2.24) is 4.98 Å². The molecular formula is C19H13ClN2O6. The van der Waals surface area contributed by atoms with E-state index in [2.05, 4.69) is 4.98 Å². The van der Waals surface area contributed by atoms with Crippen LogP contribution in [0.4, 0.5) is 5.82 Å². The van der Waals surface area contributed by atoms with Crippen molar-refractivity contribution in [3.63, 3.8) is 0 Å². The molecule has 5 N–H and O–H groups in total. The molecule has 8 nitrogen and oxygen atoms in total. The standard InChI is InChI=1S/C19H13ClN2O6/c20-11-3-1-2-4-12(11)28-10-7-5-9(6-8-10)13-14(18(24)25)16(21)22-17(23)15(13)19(26)27/h1-8H,(H,24,25)(H,26,27)(H3,21,22,23). The number of H-pyrrole nitrogens is 1. The summed E-state index contributed by atoms with van der Waals surface area (Å²) in [5.74, 6) is -2.69. The number of benzene rings is 2. The highest BCUT2D eigenvalue weighted by molar-refractivity contribution is 6.32. The van der Waals surface area contributed by atoms with E-state index in [1.54, 1.807) is 24.3 Å². The van der Waals surface area contributed by atoms with Crippen LogP contribution in [0.25, 0.3) is 11.1 Å². The van der Waals surface area contributed by atoms with E-state index in [0.29, 0.717) is 16.5 Å². The van der Waals surface area contributed by atoms with Crippen molar-refractivity contribution in [3.05, 3.63) is 75.0 Å². The zero-order valence-electron chi connectivity index (χ0n) is 14.1. The van der Waals surface area contributed by atoms with E-state index in [0.717, 1.165) is 0 Å². The first-order chi connectivity index (χ1) is 13.3. The summed E-state index contributed by atoms with van der Waals surface area (Å²) in [5.41, 5.74) is 3.28. The van der Waals surface area contributed by atoms with Crippen molar-refractivity contribution in [3.8, 4) is 22.6 Å². The summed E-state index contributed by atoms with van der Waals surface area (Å²) in [6, 6.07) is 12.7. The fourth-order valence-electron chi connectivity index (χ4n) is 2.68. The van der Waals surface area contributed by atoms with Gasteiger partial charge < -0.3 is 25.7 Å². The van der Waals surface area contributed by atoms with Crippen molar-refractivity contribution in [2.24, 2.45) is 0 Å². The maximum atomic E-state index is 12.0. The summed E-state index contributed by atoms with van der Waals surface area (Å²) in [6.45, 7) is 0. The molecule has 28 heavy (non-hydrogen) atoms. The van der Waals surface area contributed by atoms with Crippen LogP contribution in [0.3, 0.4) is 0 Å². The molecule has 0 aliphatic rings. The van der Waals surface area contributed by atoms with E-state index in [1.807, 2.05) is 0 Å². The van der Waals surface area contributed by atoms with Gasteiger partial charge in [0.05, 0.1) is 5.02 Å². The monoisotopic (exact) mass is 400 g/mol. The summed E-state index contributed by atoms with van der Waals surface area (Å²) in [5, 5.41) is 19.2. The van der Waals surface area contributed by atoms with Crippen LogP contribution in [-0.2, 0) is 0 Å². The first kappa shape index (κ1) is 19.0. The highest BCUT2D eigenvalue weighted by Crippen LogP contribution is 2.33. The van der Waals surface area contributed by atoms with Gasteiger partial charge in [-0.15, -0.1) is 0 Å². The lowest BCUT2D eigenvalue weighted by Crippen LogP contribution is -2.24. The Hall–Kier alpha value is -3.78. The van der Waals surface area contributed by atoms with Gasteiger partial charge in [-0.1, -0.05) is 35.9 Å². The van der Waals surface area contributed by atoms with E-state index in [9.17, 15) is 24.6 Å². The number of pyridine rings is 1. The number of hydrogen-bond donors (Lipinski definition) is 4. The first-order valence-electron chi connectivity index (χ1n) is 7.84. The van der Waals surface area contributed by atoms with Crippen molar-refractivity contribution in [2.45, 2.75) is 0 Å². The third-order valence-corrected chi connectivity index (χ3v) is 4.19. The summed E-state index contributed by atoms with van der Waals surface area (Å²) >= 11 is 6.04. The summed E-state index contributed by atoms with van der Waals surface area (Å²) in [4.78, 5) is 37.3.